The first kappa shape index (κ1) is 29.1. The molecule has 4 heterocycles. The fraction of sp³-hybridized carbons (Fsp3) is 0.444. The predicted molar refractivity (Wildman–Crippen MR) is 145 cm³/mol. The third-order valence-electron chi connectivity index (χ3n) is 6.82. The number of urea groups is 1. The van der Waals surface area contributed by atoms with E-state index in [4.69, 9.17) is 9.84 Å². The first-order valence-electron chi connectivity index (χ1n) is 13.3. The lowest BCUT2D eigenvalue weighted by Crippen LogP contribution is -2.59. The van der Waals surface area contributed by atoms with E-state index in [2.05, 4.69) is 25.7 Å². The number of halogens is 3. The lowest BCUT2D eigenvalue weighted by atomic mass is 10.0. The van der Waals surface area contributed by atoms with Crippen molar-refractivity contribution in [3.8, 4) is 11.3 Å². The number of rotatable bonds is 7. The number of alkyl halides is 3. The van der Waals surface area contributed by atoms with Gasteiger partial charge in [-0.3, -0.25) is 4.68 Å². The number of amides is 3. The van der Waals surface area contributed by atoms with E-state index in [9.17, 15) is 22.8 Å². The molecule has 2 aliphatic heterocycles. The number of likely N-dealkylation sites (tertiary alicyclic amines) is 2. The second-order valence-corrected chi connectivity index (χ2v) is 11.2. The SMILES string of the molecule is CC(C)(C)OC1CN(C(=O)NCc2ccc(-c3ccnc(Nc4cnn(C5CN(C(=O)O)C5)c4)n3)cc2C(F)(F)F)C1. The van der Waals surface area contributed by atoms with Gasteiger partial charge in [0.1, 0.15) is 0 Å². The number of nitrogens with zero attached hydrogens (tertiary/aromatic N) is 6. The van der Waals surface area contributed by atoms with Crippen LogP contribution in [0.3, 0.4) is 0 Å². The second kappa shape index (κ2) is 11.1. The Morgan fingerprint density at radius 3 is 2.50 bits per heavy atom. The van der Waals surface area contributed by atoms with Crippen LogP contribution in [0.1, 0.15) is 37.9 Å². The number of anilines is 2. The Morgan fingerprint density at radius 2 is 1.83 bits per heavy atom. The highest BCUT2D eigenvalue weighted by atomic mass is 19.4. The normalized spacial score (nSPS) is 16.1. The summed E-state index contributed by atoms with van der Waals surface area (Å²) in [6, 6.07) is 4.82. The summed E-state index contributed by atoms with van der Waals surface area (Å²) in [5, 5.41) is 18.8. The number of benzene rings is 1. The van der Waals surface area contributed by atoms with Crippen LogP contribution >= 0.6 is 0 Å². The minimum atomic E-state index is -4.65. The average molecular weight is 589 g/mol. The summed E-state index contributed by atoms with van der Waals surface area (Å²) in [6.07, 6.45) is -1.10. The largest absolute Gasteiger partial charge is 0.465 e. The van der Waals surface area contributed by atoms with Gasteiger partial charge in [-0.15, -0.1) is 0 Å². The van der Waals surface area contributed by atoms with Crippen LogP contribution < -0.4 is 10.6 Å². The molecular weight excluding hydrogens is 557 g/mol. The molecule has 0 saturated carbocycles. The van der Waals surface area contributed by atoms with Crippen molar-refractivity contribution in [1.29, 1.82) is 0 Å². The molecule has 2 fully saturated rings. The van der Waals surface area contributed by atoms with Crippen LogP contribution in [0.25, 0.3) is 11.3 Å². The standard InChI is InChI=1S/C27H31F3N8O4/c1-26(2,3)42-20-14-36(15-20)24(39)32-9-17-5-4-16(8-21(17)27(28,29)30)22-6-7-31-23(35-22)34-18-10-33-38(11-18)19-12-37(13-19)25(40)41/h4-8,10-11,19-20H,9,12-15H2,1-3H3,(H,32,39)(H,40,41)(H,31,34,35). The lowest BCUT2D eigenvalue weighted by molar-refractivity contribution is -0.138. The van der Waals surface area contributed by atoms with E-state index in [1.165, 1.54) is 40.4 Å². The number of hydrogen-bond acceptors (Lipinski definition) is 7. The van der Waals surface area contributed by atoms with Crippen LogP contribution in [0.15, 0.2) is 42.9 Å². The van der Waals surface area contributed by atoms with Gasteiger partial charge in [0.15, 0.2) is 0 Å². The van der Waals surface area contributed by atoms with E-state index in [1.54, 1.807) is 10.9 Å². The van der Waals surface area contributed by atoms with Gasteiger partial charge in [-0.2, -0.15) is 18.3 Å². The maximum absolute atomic E-state index is 14.0. The molecule has 15 heteroatoms. The van der Waals surface area contributed by atoms with Crippen molar-refractivity contribution < 1.29 is 32.6 Å². The molecular formula is C27H31F3N8O4. The summed E-state index contributed by atoms with van der Waals surface area (Å²) in [6.45, 7) is 6.88. The zero-order chi connectivity index (χ0) is 30.2. The zero-order valence-electron chi connectivity index (χ0n) is 23.2. The maximum atomic E-state index is 14.0. The highest BCUT2D eigenvalue weighted by Crippen LogP contribution is 2.35. The summed E-state index contributed by atoms with van der Waals surface area (Å²) in [7, 11) is 0. The van der Waals surface area contributed by atoms with Crippen molar-refractivity contribution in [2.75, 3.05) is 31.5 Å². The molecule has 3 amide bonds. The molecule has 0 bridgehead atoms. The Labute approximate surface area is 239 Å². The van der Waals surface area contributed by atoms with Crippen molar-refractivity contribution in [2.45, 2.75) is 51.2 Å². The van der Waals surface area contributed by atoms with Gasteiger partial charge in [0.25, 0.3) is 0 Å². The molecule has 12 nitrogen and oxygen atoms in total. The molecule has 3 aromatic rings. The first-order valence-corrected chi connectivity index (χ1v) is 13.3. The molecule has 0 radical (unpaired) electrons. The molecule has 2 saturated heterocycles. The number of carboxylic acid groups (broad SMARTS) is 1. The number of aromatic nitrogens is 4. The van der Waals surface area contributed by atoms with Crippen LogP contribution in [-0.4, -0.2) is 84.7 Å². The van der Waals surface area contributed by atoms with Crippen LogP contribution in [0.2, 0.25) is 0 Å². The lowest BCUT2D eigenvalue weighted by Gasteiger charge is -2.41. The molecule has 42 heavy (non-hydrogen) atoms. The molecule has 2 aromatic heterocycles. The predicted octanol–water partition coefficient (Wildman–Crippen LogP) is 4.35. The molecule has 3 N–H and O–H groups in total. The monoisotopic (exact) mass is 588 g/mol. The van der Waals surface area contributed by atoms with Gasteiger partial charge in [-0.05, 0) is 38.5 Å². The molecule has 1 aromatic carbocycles. The number of ether oxygens (including phenoxy) is 1. The van der Waals surface area contributed by atoms with Gasteiger partial charge in [0.2, 0.25) is 5.95 Å². The van der Waals surface area contributed by atoms with Crippen molar-refractivity contribution in [3.63, 3.8) is 0 Å². The number of hydrogen-bond donors (Lipinski definition) is 3. The number of nitrogens with one attached hydrogen (secondary N) is 2. The Hall–Kier alpha value is -4.40. The third kappa shape index (κ3) is 6.73. The van der Waals surface area contributed by atoms with Gasteiger partial charge in [0.05, 0.1) is 54.0 Å². The van der Waals surface area contributed by atoms with E-state index < -0.39 is 23.9 Å². The molecule has 0 unspecified atom stereocenters. The molecule has 0 spiro atoms. The van der Waals surface area contributed by atoms with Gasteiger partial charge in [0, 0.05) is 37.6 Å². The Morgan fingerprint density at radius 1 is 1.10 bits per heavy atom. The molecule has 0 aliphatic carbocycles. The van der Waals surface area contributed by atoms with E-state index >= 15 is 0 Å². The van der Waals surface area contributed by atoms with Crippen molar-refractivity contribution in [2.24, 2.45) is 0 Å². The molecule has 0 atom stereocenters. The van der Waals surface area contributed by atoms with Crippen molar-refractivity contribution >= 4 is 23.8 Å². The summed E-state index contributed by atoms with van der Waals surface area (Å²) in [5.41, 5.74) is -0.248. The minimum absolute atomic E-state index is 0.0695. The van der Waals surface area contributed by atoms with E-state index in [0.29, 0.717) is 31.9 Å². The number of carbonyl (C=O) groups is 2. The average Bonchev–Trinajstić information content (AvgIpc) is 3.30. The van der Waals surface area contributed by atoms with Crippen molar-refractivity contribution in [1.82, 2.24) is 34.9 Å². The van der Waals surface area contributed by atoms with Gasteiger partial charge in [-0.25, -0.2) is 19.6 Å². The van der Waals surface area contributed by atoms with Gasteiger partial charge in [-0.1, -0.05) is 12.1 Å². The van der Waals surface area contributed by atoms with Crippen molar-refractivity contribution in [3.05, 3.63) is 54.0 Å². The summed E-state index contributed by atoms with van der Waals surface area (Å²) in [5.74, 6) is 0.154. The van der Waals surface area contributed by atoms with E-state index in [-0.39, 0.29) is 47.1 Å². The topological polar surface area (TPSA) is 138 Å². The fourth-order valence-electron chi connectivity index (χ4n) is 4.70. The molecule has 5 rings (SSSR count). The van der Waals surface area contributed by atoms with Crippen LogP contribution in [-0.2, 0) is 17.5 Å². The smallest absolute Gasteiger partial charge is 0.416 e. The van der Waals surface area contributed by atoms with E-state index in [1.807, 2.05) is 20.8 Å². The highest BCUT2D eigenvalue weighted by Gasteiger charge is 2.36. The number of carbonyl (C=O) groups excluding carboxylic acids is 1. The summed E-state index contributed by atoms with van der Waals surface area (Å²) >= 11 is 0. The Balaban J connectivity index is 1.23. The van der Waals surface area contributed by atoms with Crippen LogP contribution in [0.5, 0.6) is 0 Å². The van der Waals surface area contributed by atoms with Crippen LogP contribution in [0.4, 0.5) is 34.4 Å². The first-order chi connectivity index (χ1) is 19.7. The summed E-state index contributed by atoms with van der Waals surface area (Å²) in [4.78, 5) is 34.7. The summed E-state index contributed by atoms with van der Waals surface area (Å²) < 4.78 is 49.5. The zero-order valence-corrected chi connectivity index (χ0v) is 23.2. The van der Waals surface area contributed by atoms with Gasteiger partial charge < -0.3 is 30.3 Å². The maximum Gasteiger partial charge on any atom is 0.416 e. The van der Waals surface area contributed by atoms with Gasteiger partial charge >= 0.3 is 18.3 Å². The van der Waals surface area contributed by atoms with E-state index in [0.717, 1.165) is 6.07 Å². The van der Waals surface area contributed by atoms with Crippen LogP contribution in [0, 0.1) is 0 Å². The highest BCUT2D eigenvalue weighted by molar-refractivity contribution is 5.75. The molecule has 224 valence electrons. The molecule has 2 aliphatic rings. The minimum Gasteiger partial charge on any atom is -0.465 e. The quantitative estimate of drug-likeness (QED) is 0.371. The third-order valence-corrected chi connectivity index (χ3v) is 6.82. The Bertz CT molecular complexity index is 1460. The second-order valence-electron chi connectivity index (χ2n) is 11.2. The Kier molecular flexibility index (Phi) is 7.70. The fourth-order valence-corrected chi connectivity index (χ4v) is 4.70.